The molecule has 0 spiro atoms. The minimum absolute atomic E-state index is 0.328. The summed E-state index contributed by atoms with van der Waals surface area (Å²) in [6.45, 7) is 8.03. The van der Waals surface area contributed by atoms with Gasteiger partial charge in [0.25, 0.3) is 0 Å². The van der Waals surface area contributed by atoms with Crippen LogP contribution in [0.25, 0.3) is 0 Å². The number of nitrogens with zero attached hydrogens (tertiary/aromatic N) is 1. The van der Waals surface area contributed by atoms with Crippen LogP contribution < -0.4 is 10.5 Å². The number of anilines is 1. The first kappa shape index (κ1) is 14.2. The van der Waals surface area contributed by atoms with Crippen molar-refractivity contribution in [3.63, 3.8) is 0 Å². The Balaban J connectivity index is 1.68. The largest absolute Gasteiger partial charge is 0.491 e. The van der Waals surface area contributed by atoms with Crippen LogP contribution in [0.1, 0.15) is 20.3 Å². The van der Waals surface area contributed by atoms with E-state index >= 15 is 0 Å². The van der Waals surface area contributed by atoms with Crippen LogP contribution in [-0.2, 0) is 4.74 Å². The molecule has 19 heavy (non-hydrogen) atoms. The average molecular weight is 264 g/mol. The standard InChI is InChI=1S/C15H24N2O2/c1-12-10-17(11-13(2)19-12)8-5-9-18-15-7-4-3-6-14(15)16/h3-4,6-7,12-13H,5,8-11,16H2,1-2H3/t12-,13+. The zero-order valence-electron chi connectivity index (χ0n) is 11.8. The Kier molecular flexibility index (Phi) is 5.05. The molecule has 0 bridgehead atoms. The summed E-state index contributed by atoms with van der Waals surface area (Å²) >= 11 is 0. The summed E-state index contributed by atoms with van der Waals surface area (Å²) in [7, 11) is 0. The van der Waals surface area contributed by atoms with E-state index in [-0.39, 0.29) is 0 Å². The molecule has 0 unspecified atom stereocenters. The second-order valence-corrected chi connectivity index (χ2v) is 5.26. The van der Waals surface area contributed by atoms with E-state index in [4.69, 9.17) is 15.2 Å². The Morgan fingerprint density at radius 1 is 1.26 bits per heavy atom. The third-order valence-electron chi connectivity index (χ3n) is 3.29. The van der Waals surface area contributed by atoms with Crippen molar-refractivity contribution in [3.8, 4) is 5.75 Å². The number of hydrogen-bond acceptors (Lipinski definition) is 4. The number of hydrogen-bond donors (Lipinski definition) is 1. The lowest BCUT2D eigenvalue weighted by Gasteiger charge is -2.35. The van der Waals surface area contributed by atoms with Crippen molar-refractivity contribution in [1.82, 2.24) is 4.90 Å². The molecule has 1 saturated heterocycles. The molecule has 1 aromatic carbocycles. The predicted octanol–water partition coefficient (Wildman–Crippen LogP) is 2.15. The molecule has 2 rings (SSSR count). The highest BCUT2D eigenvalue weighted by Gasteiger charge is 2.21. The Morgan fingerprint density at radius 2 is 1.95 bits per heavy atom. The van der Waals surface area contributed by atoms with Crippen LogP contribution in [0, 0.1) is 0 Å². The van der Waals surface area contributed by atoms with Gasteiger partial charge in [0.15, 0.2) is 0 Å². The van der Waals surface area contributed by atoms with Crippen molar-refractivity contribution < 1.29 is 9.47 Å². The lowest BCUT2D eigenvalue weighted by molar-refractivity contribution is -0.0686. The van der Waals surface area contributed by atoms with E-state index in [1.807, 2.05) is 24.3 Å². The average Bonchev–Trinajstić information content (AvgIpc) is 2.35. The number of morpholine rings is 1. The summed E-state index contributed by atoms with van der Waals surface area (Å²) in [6, 6.07) is 7.63. The van der Waals surface area contributed by atoms with Gasteiger partial charge in [0.2, 0.25) is 0 Å². The molecule has 1 aliphatic heterocycles. The molecule has 0 saturated carbocycles. The van der Waals surface area contributed by atoms with Crippen molar-refractivity contribution in [2.45, 2.75) is 32.5 Å². The van der Waals surface area contributed by atoms with Crippen LogP contribution in [0.15, 0.2) is 24.3 Å². The first-order chi connectivity index (χ1) is 9.15. The van der Waals surface area contributed by atoms with Crippen LogP contribution in [0.3, 0.4) is 0 Å². The normalized spacial score (nSPS) is 24.3. The van der Waals surface area contributed by atoms with E-state index in [0.29, 0.717) is 24.5 Å². The molecule has 1 aliphatic rings. The molecule has 0 radical (unpaired) electrons. The Morgan fingerprint density at radius 3 is 2.63 bits per heavy atom. The molecule has 1 aromatic rings. The smallest absolute Gasteiger partial charge is 0.142 e. The Labute approximate surface area is 115 Å². The summed E-state index contributed by atoms with van der Waals surface area (Å²) in [5.41, 5.74) is 6.53. The minimum atomic E-state index is 0.328. The second-order valence-electron chi connectivity index (χ2n) is 5.26. The molecule has 0 amide bonds. The molecule has 2 N–H and O–H groups in total. The van der Waals surface area contributed by atoms with Gasteiger partial charge in [0.1, 0.15) is 5.75 Å². The van der Waals surface area contributed by atoms with E-state index in [2.05, 4.69) is 18.7 Å². The molecule has 0 aromatic heterocycles. The first-order valence-corrected chi connectivity index (χ1v) is 7.00. The second kappa shape index (κ2) is 6.78. The van der Waals surface area contributed by atoms with E-state index in [1.54, 1.807) is 0 Å². The zero-order chi connectivity index (χ0) is 13.7. The molecular formula is C15H24N2O2. The van der Waals surface area contributed by atoms with E-state index in [9.17, 15) is 0 Å². The lowest BCUT2D eigenvalue weighted by atomic mass is 10.2. The van der Waals surface area contributed by atoms with Crippen LogP contribution >= 0.6 is 0 Å². The topological polar surface area (TPSA) is 47.7 Å². The SMILES string of the molecule is C[C@@H]1CN(CCCOc2ccccc2N)C[C@H](C)O1. The maximum Gasteiger partial charge on any atom is 0.142 e. The van der Waals surface area contributed by atoms with E-state index in [1.165, 1.54) is 0 Å². The van der Waals surface area contributed by atoms with E-state index < -0.39 is 0 Å². The summed E-state index contributed by atoms with van der Waals surface area (Å²) in [5, 5.41) is 0. The van der Waals surface area contributed by atoms with Gasteiger partial charge < -0.3 is 15.2 Å². The van der Waals surface area contributed by atoms with Crippen LogP contribution in [0.5, 0.6) is 5.75 Å². The van der Waals surface area contributed by atoms with Gasteiger partial charge in [-0.1, -0.05) is 12.1 Å². The minimum Gasteiger partial charge on any atom is -0.491 e. The van der Waals surface area contributed by atoms with Gasteiger partial charge in [0.05, 0.1) is 24.5 Å². The fourth-order valence-corrected chi connectivity index (χ4v) is 2.55. The highest BCUT2D eigenvalue weighted by molar-refractivity contribution is 5.51. The highest BCUT2D eigenvalue weighted by Crippen LogP contribution is 2.19. The molecule has 1 fully saturated rings. The van der Waals surface area contributed by atoms with Crippen LogP contribution in [0.2, 0.25) is 0 Å². The van der Waals surface area contributed by atoms with E-state index in [0.717, 1.165) is 31.8 Å². The van der Waals surface area contributed by atoms with Gasteiger partial charge >= 0.3 is 0 Å². The molecule has 4 nitrogen and oxygen atoms in total. The third-order valence-corrected chi connectivity index (χ3v) is 3.29. The van der Waals surface area contributed by atoms with Crippen molar-refractivity contribution >= 4 is 5.69 Å². The monoisotopic (exact) mass is 264 g/mol. The summed E-state index contributed by atoms with van der Waals surface area (Å²) in [6.07, 6.45) is 1.66. The fourth-order valence-electron chi connectivity index (χ4n) is 2.55. The number of nitrogen functional groups attached to an aromatic ring is 1. The van der Waals surface area contributed by atoms with Crippen LogP contribution in [-0.4, -0.2) is 43.3 Å². The summed E-state index contributed by atoms with van der Waals surface area (Å²) < 4.78 is 11.4. The molecule has 2 atom stereocenters. The van der Waals surface area contributed by atoms with Gasteiger partial charge in [0, 0.05) is 19.6 Å². The number of nitrogens with two attached hydrogens (primary N) is 1. The number of ether oxygens (including phenoxy) is 2. The van der Waals surface area contributed by atoms with Crippen molar-refractivity contribution in [2.24, 2.45) is 0 Å². The zero-order valence-corrected chi connectivity index (χ0v) is 11.8. The third kappa shape index (κ3) is 4.40. The number of rotatable bonds is 5. The lowest BCUT2D eigenvalue weighted by Crippen LogP contribution is -2.45. The molecular weight excluding hydrogens is 240 g/mol. The van der Waals surface area contributed by atoms with Gasteiger partial charge in [-0.2, -0.15) is 0 Å². The fraction of sp³-hybridized carbons (Fsp3) is 0.600. The van der Waals surface area contributed by atoms with Gasteiger partial charge in [-0.05, 0) is 32.4 Å². The maximum absolute atomic E-state index is 5.83. The summed E-state index contributed by atoms with van der Waals surface area (Å²) in [5.74, 6) is 0.784. The number of benzene rings is 1. The Bertz CT molecular complexity index is 387. The van der Waals surface area contributed by atoms with Gasteiger partial charge in [-0.25, -0.2) is 0 Å². The molecule has 1 heterocycles. The van der Waals surface area contributed by atoms with Crippen molar-refractivity contribution in [2.75, 3.05) is 32.0 Å². The Hall–Kier alpha value is -1.26. The molecule has 106 valence electrons. The first-order valence-electron chi connectivity index (χ1n) is 7.00. The summed E-state index contributed by atoms with van der Waals surface area (Å²) in [4.78, 5) is 2.44. The highest BCUT2D eigenvalue weighted by atomic mass is 16.5. The molecule has 0 aliphatic carbocycles. The van der Waals surface area contributed by atoms with Gasteiger partial charge in [-0.3, -0.25) is 4.90 Å². The number of para-hydroxylation sites is 2. The van der Waals surface area contributed by atoms with Crippen molar-refractivity contribution in [1.29, 1.82) is 0 Å². The van der Waals surface area contributed by atoms with Crippen molar-refractivity contribution in [3.05, 3.63) is 24.3 Å². The molecule has 4 heteroatoms. The predicted molar refractivity (Wildman–Crippen MR) is 77.4 cm³/mol. The van der Waals surface area contributed by atoms with Gasteiger partial charge in [-0.15, -0.1) is 0 Å². The maximum atomic E-state index is 5.83. The quantitative estimate of drug-likeness (QED) is 0.654. The van der Waals surface area contributed by atoms with Crippen LogP contribution in [0.4, 0.5) is 5.69 Å².